The summed E-state index contributed by atoms with van der Waals surface area (Å²) in [5.41, 5.74) is 1.34. The van der Waals surface area contributed by atoms with Gasteiger partial charge < -0.3 is 10.4 Å². The summed E-state index contributed by atoms with van der Waals surface area (Å²) in [7, 11) is 0. The van der Waals surface area contributed by atoms with Crippen molar-refractivity contribution in [1.82, 2.24) is 5.32 Å². The first-order valence-corrected chi connectivity index (χ1v) is 5.75. The van der Waals surface area contributed by atoms with Crippen LogP contribution in [0.25, 0.3) is 0 Å². The summed E-state index contributed by atoms with van der Waals surface area (Å²) in [6, 6.07) is 8.85. The van der Waals surface area contributed by atoms with Crippen molar-refractivity contribution in [2.45, 2.75) is 44.7 Å². The third-order valence-corrected chi connectivity index (χ3v) is 3.35. The highest BCUT2D eigenvalue weighted by molar-refractivity contribution is 5.30. The Morgan fingerprint density at radius 2 is 2.00 bits per heavy atom. The second-order valence-electron chi connectivity index (χ2n) is 4.52. The van der Waals surface area contributed by atoms with Crippen LogP contribution in [0.4, 0.5) is 0 Å². The van der Waals surface area contributed by atoms with Crippen molar-refractivity contribution >= 4 is 0 Å². The third kappa shape index (κ3) is 2.15. The number of benzene rings is 1. The predicted molar refractivity (Wildman–Crippen MR) is 62.1 cm³/mol. The molecule has 0 amide bonds. The molecule has 3 atom stereocenters. The fourth-order valence-corrected chi connectivity index (χ4v) is 2.59. The number of hydrogen-bond acceptors (Lipinski definition) is 2. The molecule has 0 spiro atoms. The van der Waals surface area contributed by atoms with Gasteiger partial charge >= 0.3 is 0 Å². The number of rotatable bonds is 2. The molecule has 1 saturated heterocycles. The molecule has 1 fully saturated rings. The third-order valence-electron chi connectivity index (χ3n) is 3.35. The van der Waals surface area contributed by atoms with Gasteiger partial charge in [-0.2, -0.15) is 0 Å². The molecule has 0 saturated carbocycles. The standard InChI is InChI=1S/C13H19NO/c1-3-13-12(8-9(2)14-13)10-4-6-11(15)7-5-10/h4-7,9,12-15H,3,8H2,1-2H3. The maximum absolute atomic E-state index is 9.26. The minimum atomic E-state index is 0.353. The van der Waals surface area contributed by atoms with E-state index in [0.717, 1.165) is 6.42 Å². The van der Waals surface area contributed by atoms with Crippen molar-refractivity contribution in [2.75, 3.05) is 0 Å². The average molecular weight is 205 g/mol. The number of hydrogen-bond donors (Lipinski definition) is 2. The van der Waals surface area contributed by atoms with Crippen LogP contribution >= 0.6 is 0 Å². The zero-order valence-corrected chi connectivity index (χ0v) is 9.40. The zero-order chi connectivity index (χ0) is 10.8. The molecule has 2 rings (SSSR count). The van der Waals surface area contributed by atoms with E-state index in [-0.39, 0.29) is 0 Å². The molecule has 1 aliphatic heterocycles. The van der Waals surface area contributed by atoms with Crippen molar-refractivity contribution in [1.29, 1.82) is 0 Å². The lowest BCUT2D eigenvalue weighted by Gasteiger charge is -2.18. The Balaban J connectivity index is 2.19. The summed E-state index contributed by atoms with van der Waals surface area (Å²) in [6.45, 7) is 4.46. The van der Waals surface area contributed by atoms with Crippen LogP contribution in [0.5, 0.6) is 5.75 Å². The van der Waals surface area contributed by atoms with Crippen LogP contribution in [-0.2, 0) is 0 Å². The van der Waals surface area contributed by atoms with Crippen molar-refractivity contribution in [2.24, 2.45) is 0 Å². The highest BCUT2D eigenvalue weighted by Crippen LogP contribution is 2.32. The van der Waals surface area contributed by atoms with E-state index in [0.29, 0.717) is 23.8 Å². The molecule has 1 aliphatic rings. The summed E-state index contributed by atoms with van der Waals surface area (Å²) in [6.07, 6.45) is 2.36. The molecule has 0 bridgehead atoms. The van der Waals surface area contributed by atoms with Crippen molar-refractivity contribution in [3.05, 3.63) is 29.8 Å². The smallest absolute Gasteiger partial charge is 0.115 e. The molecule has 1 aromatic rings. The Morgan fingerprint density at radius 3 is 2.60 bits per heavy atom. The molecule has 2 nitrogen and oxygen atoms in total. The summed E-state index contributed by atoms with van der Waals surface area (Å²) < 4.78 is 0. The van der Waals surface area contributed by atoms with E-state index in [2.05, 4.69) is 19.2 Å². The van der Waals surface area contributed by atoms with E-state index in [1.807, 2.05) is 12.1 Å². The molecule has 1 aromatic carbocycles. The molecule has 0 radical (unpaired) electrons. The Morgan fingerprint density at radius 1 is 1.33 bits per heavy atom. The van der Waals surface area contributed by atoms with Crippen LogP contribution in [0.1, 0.15) is 38.2 Å². The van der Waals surface area contributed by atoms with Crippen LogP contribution < -0.4 is 5.32 Å². The highest BCUT2D eigenvalue weighted by Gasteiger charge is 2.30. The largest absolute Gasteiger partial charge is 0.508 e. The number of nitrogens with one attached hydrogen (secondary N) is 1. The maximum Gasteiger partial charge on any atom is 0.115 e. The van der Waals surface area contributed by atoms with Crippen molar-refractivity contribution in [3.8, 4) is 5.75 Å². The molecule has 1 heterocycles. The van der Waals surface area contributed by atoms with E-state index < -0.39 is 0 Å². The SMILES string of the molecule is CCC1NC(C)CC1c1ccc(O)cc1. The Kier molecular flexibility index (Phi) is 2.96. The molecular weight excluding hydrogens is 186 g/mol. The van der Waals surface area contributed by atoms with Crippen LogP contribution in [0.2, 0.25) is 0 Å². The highest BCUT2D eigenvalue weighted by atomic mass is 16.3. The van der Waals surface area contributed by atoms with Gasteiger partial charge in [0.25, 0.3) is 0 Å². The molecule has 2 heteroatoms. The summed E-state index contributed by atoms with van der Waals surface area (Å²) in [5.74, 6) is 0.955. The van der Waals surface area contributed by atoms with Gasteiger partial charge in [0.2, 0.25) is 0 Å². The van der Waals surface area contributed by atoms with Crippen LogP contribution in [0, 0.1) is 0 Å². The summed E-state index contributed by atoms with van der Waals surface area (Å²) in [5, 5.41) is 12.9. The first-order chi connectivity index (χ1) is 7.20. The molecular formula is C13H19NO. The summed E-state index contributed by atoms with van der Waals surface area (Å²) >= 11 is 0. The zero-order valence-electron chi connectivity index (χ0n) is 9.40. The van der Waals surface area contributed by atoms with E-state index in [1.165, 1.54) is 12.0 Å². The van der Waals surface area contributed by atoms with Gasteiger partial charge in [-0.25, -0.2) is 0 Å². The molecule has 82 valence electrons. The first kappa shape index (κ1) is 10.5. The Hall–Kier alpha value is -1.02. The number of phenolic OH excluding ortho intramolecular Hbond substituents is 1. The Labute approximate surface area is 91.3 Å². The number of phenols is 1. The Bertz CT molecular complexity index is 320. The molecule has 0 aliphatic carbocycles. The molecule has 0 aromatic heterocycles. The minimum absolute atomic E-state index is 0.353. The van der Waals surface area contributed by atoms with Crippen molar-refractivity contribution in [3.63, 3.8) is 0 Å². The lowest BCUT2D eigenvalue weighted by atomic mass is 9.90. The molecule has 15 heavy (non-hydrogen) atoms. The fourth-order valence-electron chi connectivity index (χ4n) is 2.59. The average Bonchev–Trinajstić information content (AvgIpc) is 2.61. The van der Waals surface area contributed by atoms with Gasteiger partial charge in [0, 0.05) is 18.0 Å². The monoisotopic (exact) mass is 205 g/mol. The van der Waals surface area contributed by atoms with Gasteiger partial charge in [-0.3, -0.25) is 0 Å². The van der Waals surface area contributed by atoms with Gasteiger partial charge in [-0.05, 0) is 37.5 Å². The van der Waals surface area contributed by atoms with E-state index in [1.54, 1.807) is 12.1 Å². The topological polar surface area (TPSA) is 32.3 Å². The second-order valence-corrected chi connectivity index (χ2v) is 4.52. The quantitative estimate of drug-likeness (QED) is 0.778. The van der Waals surface area contributed by atoms with Gasteiger partial charge in [-0.15, -0.1) is 0 Å². The van der Waals surface area contributed by atoms with Gasteiger partial charge in [-0.1, -0.05) is 19.1 Å². The van der Waals surface area contributed by atoms with Crippen LogP contribution in [0.3, 0.4) is 0 Å². The van der Waals surface area contributed by atoms with Crippen LogP contribution in [0.15, 0.2) is 24.3 Å². The summed E-state index contributed by atoms with van der Waals surface area (Å²) in [4.78, 5) is 0. The van der Waals surface area contributed by atoms with Gasteiger partial charge in [0.15, 0.2) is 0 Å². The molecule has 3 unspecified atom stereocenters. The van der Waals surface area contributed by atoms with E-state index >= 15 is 0 Å². The first-order valence-electron chi connectivity index (χ1n) is 5.75. The second kappa shape index (κ2) is 4.23. The van der Waals surface area contributed by atoms with E-state index in [9.17, 15) is 5.11 Å². The number of aromatic hydroxyl groups is 1. The van der Waals surface area contributed by atoms with Gasteiger partial charge in [0.1, 0.15) is 5.75 Å². The predicted octanol–water partition coefficient (Wildman–Crippen LogP) is 2.64. The normalized spacial score (nSPS) is 30.7. The lowest BCUT2D eigenvalue weighted by Crippen LogP contribution is -2.28. The van der Waals surface area contributed by atoms with Crippen molar-refractivity contribution < 1.29 is 5.11 Å². The van der Waals surface area contributed by atoms with Crippen LogP contribution in [-0.4, -0.2) is 17.2 Å². The minimum Gasteiger partial charge on any atom is -0.508 e. The van der Waals surface area contributed by atoms with Gasteiger partial charge in [0.05, 0.1) is 0 Å². The lowest BCUT2D eigenvalue weighted by molar-refractivity contribution is 0.474. The fraction of sp³-hybridized carbons (Fsp3) is 0.538. The molecule has 2 N–H and O–H groups in total. The maximum atomic E-state index is 9.26. The van der Waals surface area contributed by atoms with E-state index in [4.69, 9.17) is 0 Å².